The second-order valence-electron chi connectivity index (χ2n) is 3.65. The monoisotopic (exact) mass is 210 g/mol. The summed E-state index contributed by atoms with van der Waals surface area (Å²) in [5, 5.41) is 12.2. The smallest absolute Gasteiger partial charge is 0.134 e. The summed E-state index contributed by atoms with van der Waals surface area (Å²) in [6.07, 6.45) is 2.89. The Bertz CT molecular complexity index is 314. The maximum absolute atomic E-state index is 9.07. The molecule has 1 aromatic rings. The van der Waals surface area contributed by atoms with Gasteiger partial charge in [-0.1, -0.05) is 0 Å². The van der Waals surface area contributed by atoms with Crippen LogP contribution < -0.4 is 11.1 Å². The number of rotatable bonds is 5. The fraction of sp³-hybridized carbons (Fsp3) is 0.600. The summed E-state index contributed by atoms with van der Waals surface area (Å²) in [5.41, 5.74) is 6.51. The molecule has 0 amide bonds. The number of hydrogen-bond acceptors (Lipinski definition) is 5. The van der Waals surface area contributed by atoms with Crippen LogP contribution in [0.25, 0.3) is 0 Å². The fourth-order valence-electron chi connectivity index (χ4n) is 1.25. The lowest BCUT2D eigenvalue weighted by atomic mass is 10.2. The van der Waals surface area contributed by atoms with E-state index in [2.05, 4.69) is 15.3 Å². The van der Waals surface area contributed by atoms with Crippen LogP contribution in [0.15, 0.2) is 6.33 Å². The Labute approximate surface area is 89.7 Å². The number of aliphatic hydroxyl groups is 1. The molecule has 5 nitrogen and oxygen atoms in total. The summed E-state index contributed by atoms with van der Waals surface area (Å²) in [6.45, 7) is 4.45. The third-order valence-corrected chi connectivity index (χ3v) is 2.21. The van der Waals surface area contributed by atoms with E-state index < -0.39 is 0 Å². The second-order valence-corrected chi connectivity index (χ2v) is 3.65. The summed E-state index contributed by atoms with van der Waals surface area (Å²) in [6, 6.07) is 0. The zero-order valence-electron chi connectivity index (χ0n) is 9.20. The maximum Gasteiger partial charge on any atom is 0.134 e. The molecule has 1 aromatic heterocycles. The summed E-state index contributed by atoms with van der Waals surface area (Å²) in [7, 11) is 0. The molecule has 15 heavy (non-hydrogen) atoms. The van der Waals surface area contributed by atoms with Gasteiger partial charge in [-0.25, -0.2) is 9.97 Å². The predicted octanol–water partition coefficient (Wildman–Crippen LogP) is 0.940. The van der Waals surface area contributed by atoms with Gasteiger partial charge in [0.2, 0.25) is 0 Å². The lowest BCUT2D eigenvalue weighted by Crippen LogP contribution is -2.09. The Balaban J connectivity index is 2.41. The second kappa shape index (κ2) is 5.50. The van der Waals surface area contributed by atoms with Crippen molar-refractivity contribution in [1.82, 2.24) is 9.97 Å². The molecule has 0 aromatic carbocycles. The van der Waals surface area contributed by atoms with Crippen LogP contribution in [0.5, 0.6) is 0 Å². The lowest BCUT2D eigenvalue weighted by Gasteiger charge is -2.09. The van der Waals surface area contributed by atoms with Gasteiger partial charge in [-0.05, 0) is 26.7 Å². The van der Waals surface area contributed by atoms with Gasteiger partial charge in [0.1, 0.15) is 18.0 Å². The van der Waals surface area contributed by atoms with E-state index in [-0.39, 0.29) is 6.10 Å². The van der Waals surface area contributed by atoms with Crippen LogP contribution >= 0.6 is 0 Å². The molecule has 4 N–H and O–H groups in total. The van der Waals surface area contributed by atoms with Gasteiger partial charge in [0.05, 0.1) is 6.10 Å². The van der Waals surface area contributed by atoms with Crippen molar-refractivity contribution in [3.05, 3.63) is 11.9 Å². The van der Waals surface area contributed by atoms with E-state index in [1.165, 1.54) is 6.33 Å². The normalized spacial score (nSPS) is 12.5. The van der Waals surface area contributed by atoms with Crippen LogP contribution in [0.2, 0.25) is 0 Å². The molecule has 0 radical (unpaired) electrons. The van der Waals surface area contributed by atoms with E-state index >= 15 is 0 Å². The molecule has 84 valence electrons. The van der Waals surface area contributed by atoms with Crippen LogP contribution in [0.4, 0.5) is 11.6 Å². The number of aromatic nitrogens is 2. The molecule has 5 heteroatoms. The van der Waals surface area contributed by atoms with Crippen LogP contribution in [0.1, 0.15) is 25.3 Å². The Morgan fingerprint density at radius 2 is 2.27 bits per heavy atom. The Morgan fingerprint density at radius 1 is 1.53 bits per heavy atom. The number of nitrogens with two attached hydrogens (primary N) is 1. The third kappa shape index (κ3) is 3.71. The largest absolute Gasteiger partial charge is 0.393 e. The summed E-state index contributed by atoms with van der Waals surface area (Å²) < 4.78 is 0. The summed E-state index contributed by atoms with van der Waals surface area (Å²) in [5.74, 6) is 1.27. The average molecular weight is 210 g/mol. The van der Waals surface area contributed by atoms with Gasteiger partial charge >= 0.3 is 0 Å². The van der Waals surface area contributed by atoms with Gasteiger partial charge in [0.25, 0.3) is 0 Å². The van der Waals surface area contributed by atoms with Crippen LogP contribution in [0, 0.1) is 6.92 Å². The van der Waals surface area contributed by atoms with E-state index in [9.17, 15) is 0 Å². The highest BCUT2D eigenvalue weighted by Crippen LogP contribution is 2.14. The molecule has 0 spiro atoms. The van der Waals surface area contributed by atoms with E-state index in [1.54, 1.807) is 6.92 Å². The van der Waals surface area contributed by atoms with Crippen molar-refractivity contribution in [3.8, 4) is 0 Å². The quantitative estimate of drug-likeness (QED) is 0.630. The highest BCUT2D eigenvalue weighted by Gasteiger charge is 2.03. The van der Waals surface area contributed by atoms with Crippen molar-refractivity contribution < 1.29 is 5.11 Å². The molecule has 0 saturated heterocycles. The topological polar surface area (TPSA) is 84.1 Å². The molecule has 1 rings (SSSR count). The van der Waals surface area contributed by atoms with Gasteiger partial charge in [0, 0.05) is 12.1 Å². The number of nitrogen functional groups attached to an aromatic ring is 1. The minimum atomic E-state index is -0.247. The Morgan fingerprint density at radius 3 is 2.93 bits per heavy atom. The SMILES string of the molecule is Cc1c(N)ncnc1NCCCC(C)O. The van der Waals surface area contributed by atoms with Gasteiger partial charge in [-0.3, -0.25) is 0 Å². The van der Waals surface area contributed by atoms with Crippen LogP contribution in [-0.4, -0.2) is 27.7 Å². The molecular weight excluding hydrogens is 192 g/mol. The Hall–Kier alpha value is -1.36. The number of aliphatic hydroxyl groups excluding tert-OH is 1. The summed E-state index contributed by atoms with van der Waals surface area (Å²) >= 11 is 0. The molecule has 0 fully saturated rings. The molecule has 0 bridgehead atoms. The molecule has 0 aliphatic heterocycles. The molecular formula is C10H18N4O. The van der Waals surface area contributed by atoms with Gasteiger partial charge in [0.15, 0.2) is 0 Å². The first-order chi connectivity index (χ1) is 7.11. The van der Waals surface area contributed by atoms with Crippen LogP contribution in [-0.2, 0) is 0 Å². The minimum absolute atomic E-state index is 0.247. The van der Waals surface area contributed by atoms with Gasteiger partial charge in [-0.15, -0.1) is 0 Å². The van der Waals surface area contributed by atoms with Crippen molar-refractivity contribution >= 4 is 11.6 Å². The fourth-order valence-corrected chi connectivity index (χ4v) is 1.25. The maximum atomic E-state index is 9.07. The highest BCUT2D eigenvalue weighted by atomic mass is 16.3. The number of nitrogens with zero attached hydrogens (tertiary/aromatic N) is 2. The van der Waals surface area contributed by atoms with Crippen molar-refractivity contribution in [2.45, 2.75) is 32.8 Å². The van der Waals surface area contributed by atoms with Crippen molar-refractivity contribution in [2.75, 3.05) is 17.6 Å². The van der Waals surface area contributed by atoms with Crippen molar-refractivity contribution in [2.24, 2.45) is 0 Å². The number of nitrogens with one attached hydrogen (secondary N) is 1. The van der Waals surface area contributed by atoms with Gasteiger partial charge in [-0.2, -0.15) is 0 Å². The average Bonchev–Trinajstić information content (AvgIpc) is 2.18. The predicted molar refractivity (Wildman–Crippen MR) is 60.6 cm³/mol. The van der Waals surface area contributed by atoms with Crippen molar-refractivity contribution in [1.29, 1.82) is 0 Å². The number of anilines is 2. The van der Waals surface area contributed by atoms with E-state index in [1.807, 2.05) is 6.92 Å². The zero-order chi connectivity index (χ0) is 11.3. The van der Waals surface area contributed by atoms with E-state index in [4.69, 9.17) is 10.8 Å². The molecule has 1 heterocycles. The number of hydrogen-bond donors (Lipinski definition) is 3. The standard InChI is InChI=1S/C10H18N4O/c1-7(15)4-3-5-12-10-8(2)9(11)13-6-14-10/h6-7,15H,3-5H2,1-2H3,(H3,11,12,13,14). The van der Waals surface area contributed by atoms with E-state index in [0.29, 0.717) is 5.82 Å². The molecule has 1 unspecified atom stereocenters. The Kier molecular flexibility index (Phi) is 4.30. The van der Waals surface area contributed by atoms with Gasteiger partial charge < -0.3 is 16.2 Å². The van der Waals surface area contributed by atoms with Crippen molar-refractivity contribution in [3.63, 3.8) is 0 Å². The van der Waals surface area contributed by atoms with E-state index in [0.717, 1.165) is 30.8 Å². The first-order valence-electron chi connectivity index (χ1n) is 5.10. The molecule has 0 aliphatic rings. The third-order valence-electron chi connectivity index (χ3n) is 2.21. The molecule has 0 saturated carbocycles. The molecule has 0 aliphatic carbocycles. The zero-order valence-corrected chi connectivity index (χ0v) is 9.20. The first kappa shape index (κ1) is 11.7. The van der Waals surface area contributed by atoms with Crippen LogP contribution in [0.3, 0.4) is 0 Å². The first-order valence-corrected chi connectivity index (χ1v) is 5.10. The summed E-state index contributed by atoms with van der Waals surface area (Å²) in [4.78, 5) is 7.97. The lowest BCUT2D eigenvalue weighted by molar-refractivity contribution is 0.183. The highest BCUT2D eigenvalue weighted by molar-refractivity contribution is 5.53. The molecule has 1 atom stereocenters. The minimum Gasteiger partial charge on any atom is -0.393 e.